The van der Waals surface area contributed by atoms with Crippen LogP contribution in [0.3, 0.4) is 0 Å². The third-order valence-electron chi connectivity index (χ3n) is 2.39. The van der Waals surface area contributed by atoms with Crippen LogP contribution in [0.5, 0.6) is 0 Å². The van der Waals surface area contributed by atoms with E-state index in [1.165, 1.54) is 0 Å². The summed E-state index contributed by atoms with van der Waals surface area (Å²) >= 11 is 0. The van der Waals surface area contributed by atoms with Crippen molar-refractivity contribution in [3.8, 4) is 0 Å². The summed E-state index contributed by atoms with van der Waals surface area (Å²) in [5, 5.41) is 6.53. The summed E-state index contributed by atoms with van der Waals surface area (Å²) < 4.78 is 0. The molecule has 0 aliphatic carbocycles. The second kappa shape index (κ2) is 6.45. The van der Waals surface area contributed by atoms with E-state index in [-0.39, 0.29) is 0 Å². The summed E-state index contributed by atoms with van der Waals surface area (Å²) in [5.74, 6) is 0.759. The topological polar surface area (TPSA) is 36.4 Å². The molecule has 3 heteroatoms. The Bertz CT molecular complexity index is 448. The van der Waals surface area contributed by atoms with Gasteiger partial charge in [0.15, 0.2) is 5.96 Å². The molecule has 0 saturated carbocycles. The van der Waals surface area contributed by atoms with Crippen molar-refractivity contribution < 1.29 is 0 Å². The first-order valence-electron chi connectivity index (χ1n) is 6.07. The van der Waals surface area contributed by atoms with Crippen LogP contribution in [-0.4, -0.2) is 12.5 Å². The van der Waals surface area contributed by atoms with E-state index in [0.29, 0.717) is 0 Å². The van der Waals surface area contributed by atoms with E-state index >= 15 is 0 Å². The Labute approximate surface area is 108 Å². The molecule has 0 fully saturated rings. The Hall–Kier alpha value is -2.29. The molecule has 0 spiro atoms. The van der Waals surface area contributed by atoms with Crippen molar-refractivity contribution in [2.75, 3.05) is 17.2 Å². The van der Waals surface area contributed by atoms with Crippen LogP contribution in [0.15, 0.2) is 65.7 Å². The average Bonchev–Trinajstić information content (AvgIpc) is 2.41. The van der Waals surface area contributed by atoms with Crippen LogP contribution in [0.4, 0.5) is 11.4 Å². The second-order valence-corrected chi connectivity index (χ2v) is 3.80. The molecule has 0 bridgehead atoms. The summed E-state index contributed by atoms with van der Waals surface area (Å²) in [4.78, 5) is 4.41. The molecule has 2 aromatic carbocycles. The number of anilines is 2. The first-order chi connectivity index (χ1) is 8.88. The number of rotatable bonds is 3. The van der Waals surface area contributed by atoms with Crippen LogP contribution < -0.4 is 10.6 Å². The maximum atomic E-state index is 4.41. The molecular weight excluding hydrogens is 222 g/mol. The van der Waals surface area contributed by atoms with E-state index in [0.717, 1.165) is 23.9 Å². The molecule has 18 heavy (non-hydrogen) atoms. The molecule has 2 aromatic rings. The van der Waals surface area contributed by atoms with E-state index in [1.54, 1.807) is 0 Å². The zero-order valence-electron chi connectivity index (χ0n) is 10.4. The van der Waals surface area contributed by atoms with E-state index in [2.05, 4.69) is 15.6 Å². The van der Waals surface area contributed by atoms with Gasteiger partial charge in [0.25, 0.3) is 0 Å². The van der Waals surface area contributed by atoms with Crippen LogP contribution in [-0.2, 0) is 0 Å². The molecule has 0 aliphatic heterocycles. The van der Waals surface area contributed by atoms with Crippen LogP contribution in [0, 0.1) is 0 Å². The highest BCUT2D eigenvalue weighted by Gasteiger charge is 1.99. The van der Waals surface area contributed by atoms with Gasteiger partial charge in [-0.1, -0.05) is 36.4 Å². The Morgan fingerprint density at radius 3 is 1.67 bits per heavy atom. The largest absolute Gasteiger partial charge is 0.326 e. The van der Waals surface area contributed by atoms with Crippen molar-refractivity contribution in [2.24, 2.45) is 4.99 Å². The van der Waals surface area contributed by atoms with Crippen LogP contribution in [0.25, 0.3) is 0 Å². The summed E-state index contributed by atoms with van der Waals surface area (Å²) in [6.07, 6.45) is 0. The number of hydrogen-bond donors (Lipinski definition) is 2. The van der Waals surface area contributed by atoms with Crippen molar-refractivity contribution in [3.63, 3.8) is 0 Å². The van der Waals surface area contributed by atoms with Crippen LogP contribution in [0.2, 0.25) is 0 Å². The number of para-hydroxylation sites is 2. The second-order valence-electron chi connectivity index (χ2n) is 3.80. The fourth-order valence-electron chi connectivity index (χ4n) is 1.58. The number of benzene rings is 2. The molecule has 2 N–H and O–H groups in total. The van der Waals surface area contributed by atoms with Gasteiger partial charge in [-0.3, -0.25) is 4.99 Å². The molecule has 92 valence electrons. The highest BCUT2D eigenvalue weighted by atomic mass is 15.2. The Morgan fingerprint density at radius 2 is 1.28 bits per heavy atom. The van der Waals surface area contributed by atoms with Crippen molar-refractivity contribution in [2.45, 2.75) is 6.92 Å². The lowest BCUT2D eigenvalue weighted by Gasteiger charge is -2.12. The normalized spacial score (nSPS) is 9.61. The molecule has 0 atom stereocenters. The third-order valence-corrected chi connectivity index (χ3v) is 2.39. The van der Waals surface area contributed by atoms with Crippen LogP contribution in [0.1, 0.15) is 6.92 Å². The molecule has 0 aliphatic rings. The first kappa shape index (κ1) is 12.2. The standard InChI is InChI=1S/C15H17N3/c1-2-16-15(17-13-9-5-3-6-10-13)18-14-11-7-4-8-12-14/h3-12H,2H2,1H3,(H2,16,17,18). The van der Waals surface area contributed by atoms with E-state index in [4.69, 9.17) is 0 Å². The SMILES string of the molecule is CCN=C(Nc1ccccc1)Nc1ccccc1. The minimum Gasteiger partial charge on any atom is -0.326 e. The molecule has 2 rings (SSSR count). The van der Waals surface area contributed by atoms with Gasteiger partial charge >= 0.3 is 0 Å². The van der Waals surface area contributed by atoms with Crippen LogP contribution >= 0.6 is 0 Å². The smallest absolute Gasteiger partial charge is 0.200 e. The summed E-state index contributed by atoms with van der Waals surface area (Å²) in [5.41, 5.74) is 2.04. The summed E-state index contributed by atoms with van der Waals surface area (Å²) in [7, 11) is 0. The lowest BCUT2D eigenvalue weighted by atomic mass is 10.3. The molecule has 0 radical (unpaired) electrons. The summed E-state index contributed by atoms with van der Waals surface area (Å²) in [6.45, 7) is 2.74. The Kier molecular flexibility index (Phi) is 4.36. The average molecular weight is 239 g/mol. The van der Waals surface area contributed by atoms with Gasteiger partial charge in [-0.2, -0.15) is 0 Å². The minimum absolute atomic E-state index is 0.731. The molecule has 0 saturated heterocycles. The maximum absolute atomic E-state index is 4.41. The number of guanidine groups is 1. The van der Waals surface area contributed by atoms with Gasteiger partial charge in [0, 0.05) is 17.9 Å². The molecular formula is C15H17N3. The maximum Gasteiger partial charge on any atom is 0.200 e. The Balaban J connectivity index is 2.08. The predicted molar refractivity (Wildman–Crippen MR) is 78.1 cm³/mol. The van der Waals surface area contributed by atoms with Gasteiger partial charge < -0.3 is 10.6 Å². The van der Waals surface area contributed by atoms with Crippen molar-refractivity contribution in [1.82, 2.24) is 0 Å². The fraction of sp³-hybridized carbons (Fsp3) is 0.133. The highest BCUT2D eigenvalue weighted by Crippen LogP contribution is 2.08. The van der Waals surface area contributed by atoms with E-state index in [1.807, 2.05) is 67.6 Å². The number of nitrogens with zero attached hydrogens (tertiary/aromatic N) is 1. The molecule has 3 nitrogen and oxygen atoms in total. The zero-order chi connectivity index (χ0) is 12.6. The highest BCUT2D eigenvalue weighted by molar-refractivity contribution is 6.03. The van der Waals surface area contributed by atoms with Gasteiger partial charge in [0.1, 0.15) is 0 Å². The van der Waals surface area contributed by atoms with Gasteiger partial charge in [0.2, 0.25) is 0 Å². The van der Waals surface area contributed by atoms with Crippen molar-refractivity contribution >= 4 is 17.3 Å². The van der Waals surface area contributed by atoms with Gasteiger partial charge in [-0.15, -0.1) is 0 Å². The van der Waals surface area contributed by atoms with E-state index in [9.17, 15) is 0 Å². The zero-order valence-corrected chi connectivity index (χ0v) is 10.4. The first-order valence-corrected chi connectivity index (χ1v) is 6.07. The minimum atomic E-state index is 0.731. The number of nitrogens with one attached hydrogen (secondary N) is 2. The fourth-order valence-corrected chi connectivity index (χ4v) is 1.58. The van der Waals surface area contributed by atoms with E-state index < -0.39 is 0 Å². The quantitative estimate of drug-likeness (QED) is 0.634. The summed E-state index contributed by atoms with van der Waals surface area (Å²) in [6, 6.07) is 20.0. The van der Waals surface area contributed by atoms with Gasteiger partial charge in [0.05, 0.1) is 0 Å². The number of hydrogen-bond acceptors (Lipinski definition) is 1. The molecule has 0 heterocycles. The van der Waals surface area contributed by atoms with Crippen molar-refractivity contribution in [1.29, 1.82) is 0 Å². The lowest BCUT2D eigenvalue weighted by Crippen LogP contribution is -2.22. The predicted octanol–water partition coefficient (Wildman–Crippen LogP) is 3.59. The van der Waals surface area contributed by atoms with Crippen molar-refractivity contribution in [3.05, 3.63) is 60.7 Å². The molecule has 0 amide bonds. The number of aliphatic imine (C=N–C) groups is 1. The molecule has 0 aromatic heterocycles. The molecule has 0 unspecified atom stereocenters. The third kappa shape index (κ3) is 3.63. The van der Waals surface area contributed by atoms with Gasteiger partial charge in [-0.05, 0) is 31.2 Å². The Morgan fingerprint density at radius 1 is 0.833 bits per heavy atom. The lowest BCUT2D eigenvalue weighted by molar-refractivity contribution is 1.12. The monoisotopic (exact) mass is 239 g/mol. The van der Waals surface area contributed by atoms with Gasteiger partial charge in [-0.25, -0.2) is 0 Å².